The van der Waals surface area contributed by atoms with Gasteiger partial charge in [-0.1, -0.05) is 36.4 Å². The number of hydrogen-bond acceptors (Lipinski definition) is 8. The van der Waals surface area contributed by atoms with Crippen LogP contribution in [0, 0.1) is 22.7 Å². The number of rotatable bonds is 12. The Morgan fingerprint density at radius 2 is 1.01 bits per heavy atom. The molecule has 0 radical (unpaired) electrons. The molecule has 0 fully saturated rings. The van der Waals surface area contributed by atoms with Crippen LogP contribution in [-0.2, 0) is 26.7 Å². The van der Waals surface area contributed by atoms with Crippen molar-refractivity contribution in [1.82, 2.24) is 31.9 Å². The molecule has 0 saturated carbocycles. The summed E-state index contributed by atoms with van der Waals surface area (Å²) >= 11 is 0. The van der Waals surface area contributed by atoms with E-state index in [0.717, 1.165) is 34.1 Å². The van der Waals surface area contributed by atoms with E-state index in [9.17, 15) is 74.0 Å². The second-order valence-electron chi connectivity index (χ2n) is 15.6. The van der Waals surface area contributed by atoms with Crippen LogP contribution in [0.2, 0.25) is 0 Å². The lowest BCUT2D eigenvalue weighted by atomic mass is 9.93. The first-order chi connectivity index (χ1) is 33.9. The van der Waals surface area contributed by atoms with Crippen molar-refractivity contribution in [3.8, 4) is 12.1 Å². The van der Waals surface area contributed by atoms with E-state index in [4.69, 9.17) is 0 Å². The van der Waals surface area contributed by atoms with E-state index in [1.54, 1.807) is 5.32 Å². The number of aliphatic imine (C=N–C) groups is 1. The Bertz CT molecular complexity index is 2960. The Kier molecular flexibility index (Phi) is 15.6. The standard InChI is InChI=1S/C47H38F9N11O5/c1-25-35(37(29-13-9-27(23-57)10-14-29)63-43(71)66(25)33-7-3-5-31(21-33)45(48,49)50)39(68)59-17-19-61-42(65-41(70)47(54,55)56)62-20-18-60-40(69)36-26(2)67(34-8-4-6-32(22-34)46(51,52)53)44(72)64-38(36)30-15-11-28(24-58)12-16-30/h3-16,21-22,37-38H,17-20H2,1-2H3,(H,59,68)(H,60,69)(H,63,71)(H,64,72)(H2,61,62,65,70)/t37-,38-/m1/s1. The molecule has 0 bridgehead atoms. The van der Waals surface area contributed by atoms with E-state index in [-0.39, 0.29) is 45.0 Å². The number of nitrogens with one attached hydrogen (secondary N) is 6. The van der Waals surface area contributed by atoms with Crippen LogP contribution in [0.3, 0.4) is 0 Å². The molecule has 7 amide bonds. The minimum atomic E-state index is -5.41. The van der Waals surface area contributed by atoms with E-state index in [2.05, 4.69) is 31.6 Å². The third kappa shape index (κ3) is 12.1. The number of nitriles is 2. The summed E-state index contributed by atoms with van der Waals surface area (Å²) in [6.07, 6.45) is -15.0. The van der Waals surface area contributed by atoms with Crippen molar-refractivity contribution in [1.29, 1.82) is 10.5 Å². The van der Waals surface area contributed by atoms with E-state index >= 15 is 0 Å². The monoisotopic (exact) mass is 1010 g/mol. The minimum Gasteiger partial charge on any atom is -0.354 e. The number of halogens is 9. The molecule has 2 aliphatic rings. The number of guanidine groups is 1. The zero-order valence-electron chi connectivity index (χ0n) is 37.4. The molecule has 4 aromatic rings. The number of carbonyl (C=O) groups excluding carboxylic acids is 5. The highest BCUT2D eigenvalue weighted by molar-refractivity contribution is 6.06. The number of amides is 7. The van der Waals surface area contributed by atoms with Gasteiger partial charge in [0, 0.05) is 31.0 Å². The summed E-state index contributed by atoms with van der Waals surface area (Å²) in [5.74, 6) is -5.03. The number of hydrogen-bond donors (Lipinski definition) is 6. The van der Waals surface area contributed by atoms with Gasteiger partial charge in [-0.3, -0.25) is 34.5 Å². The molecule has 0 aliphatic carbocycles. The smallest absolute Gasteiger partial charge is 0.354 e. The molecule has 2 atom stereocenters. The number of carbonyl (C=O) groups is 5. The fourth-order valence-corrected chi connectivity index (χ4v) is 7.54. The molecular weight excluding hydrogens is 970 g/mol. The molecule has 4 aromatic carbocycles. The predicted molar refractivity (Wildman–Crippen MR) is 239 cm³/mol. The second kappa shape index (κ2) is 21.4. The van der Waals surface area contributed by atoms with Crippen LogP contribution >= 0.6 is 0 Å². The van der Waals surface area contributed by atoms with Gasteiger partial charge < -0.3 is 26.6 Å². The molecule has 6 rings (SSSR count). The summed E-state index contributed by atoms with van der Waals surface area (Å²) in [6.45, 7) is 0.784. The highest BCUT2D eigenvalue weighted by Gasteiger charge is 2.41. The van der Waals surface area contributed by atoms with Crippen LogP contribution in [0.1, 0.15) is 59.3 Å². The van der Waals surface area contributed by atoms with Gasteiger partial charge in [-0.25, -0.2) is 9.59 Å². The normalized spacial score (nSPS) is 16.5. The van der Waals surface area contributed by atoms with Crippen molar-refractivity contribution >= 4 is 47.1 Å². The molecule has 16 nitrogen and oxygen atoms in total. The van der Waals surface area contributed by atoms with E-state index in [0.29, 0.717) is 23.3 Å². The Morgan fingerprint density at radius 3 is 1.40 bits per heavy atom. The van der Waals surface area contributed by atoms with Crippen molar-refractivity contribution in [3.05, 3.63) is 153 Å². The van der Waals surface area contributed by atoms with Gasteiger partial charge in [0.1, 0.15) is 0 Å². The summed E-state index contributed by atoms with van der Waals surface area (Å²) < 4.78 is 122. The number of allylic oxidation sites excluding steroid dienone is 2. The van der Waals surface area contributed by atoms with Gasteiger partial charge in [-0.15, -0.1) is 0 Å². The first-order valence-corrected chi connectivity index (χ1v) is 21.1. The van der Waals surface area contributed by atoms with E-state index in [1.165, 1.54) is 74.5 Å². The molecule has 2 heterocycles. The first kappa shape index (κ1) is 52.5. The van der Waals surface area contributed by atoms with Crippen LogP contribution in [0.5, 0.6) is 0 Å². The molecule has 6 N–H and O–H groups in total. The number of alkyl halides is 9. The molecule has 0 unspecified atom stereocenters. The van der Waals surface area contributed by atoms with Gasteiger partial charge in [-0.2, -0.15) is 50.0 Å². The number of benzene rings is 4. The second-order valence-corrected chi connectivity index (χ2v) is 15.6. The highest BCUT2D eigenvalue weighted by Crippen LogP contribution is 2.39. The maximum Gasteiger partial charge on any atom is 0.471 e. The topological polar surface area (TPSA) is 224 Å². The fourth-order valence-electron chi connectivity index (χ4n) is 7.54. The zero-order valence-corrected chi connectivity index (χ0v) is 37.4. The largest absolute Gasteiger partial charge is 0.471 e. The average Bonchev–Trinajstić information content (AvgIpc) is 3.33. The van der Waals surface area contributed by atoms with Gasteiger partial charge in [-0.05, 0) is 85.6 Å². The number of nitrogens with zero attached hydrogens (tertiary/aromatic N) is 5. The molecule has 2 aliphatic heterocycles. The minimum absolute atomic E-state index is 0.104. The molecular formula is C47H38F9N11O5. The molecule has 25 heteroatoms. The SMILES string of the molecule is CC1=C(C(=O)NCCN=C(NCCNC(=O)C2=C(C)N(c3cccc(C(F)(F)F)c3)C(=O)N[C@@H]2c2ccc(C#N)cc2)NC(=O)C(F)(F)F)[C@@H](c2ccc(C#N)cc2)NC(=O)N1c1cccc(C(F)(F)F)c1. The van der Waals surface area contributed by atoms with Crippen molar-refractivity contribution in [2.45, 2.75) is 44.5 Å². The molecule has 0 spiro atoms. The molecule has 72 heavy (non-hydrogen) atoms. The lowest BCUT2D eigenvalue weighted by molar-refractivity contribution is -0.171. The van der Waals surface area contributed by atoms with Crippen molar-refractivity contribution < 1.29 is 63.5 Å². The number of anilines is 2. The van der Waals surface area contributed by atoms with Crippen LogP contribution in [0.25, 0.3) is 0 Å². The van der Waals surface area contributed by atoms with E-state index in [1.807, 2.05) is 12.1 Å². The van der Waals surface area contributed by atoms with Crippen LogP contribution in [0.15, 0.2) is 125 Å². The maximum atomic E-state index is 13.9. The van der Waals surface area contributed by atoms with Crippen molar-refractivity contribution in [2.75, 3.05) is 36.0 Å². The third-order valence-electron chi connectivity index (χ3n) is 10.9. The summed E-state index contributed by atoms with van der Waals surface area (Å²) in [4.78, 5) is 72.5. The zero-order chi connectivity index (χ0) is 52.7. The van der Waals surface area contributed by atoms with Gasteiger partial charge in [0.25, 0.3) is 11.8 Å². The molecule has 0 saturated heterocycles. The maximum absolute atomic E-state index is 13.9. The number of urea groups is 2. The Balaban J connectivity index is 1.21. The highest BCUT2D eigenvalue weighted by atomic mass is 19.4. The Hall–Kier alpha value is -8.87. The molecule has 0 aromatic heterocycles. The lowest BCUT2D eigenvalue weighted by Gasteiger charge is -2.36. The van der Waals surface area contributed by atoms with Crippen molar-refractivity contribution in [2.24, 2.45) is 4.99 Å². The van der Waals surface area contributed by atoms with Gasteiger partial charge in [0.2, 0.25) is 0 Å². The van der Waals surface area contributed by atoms with Crippen molar-refractivity contribution in [3.63, 3.8) is 0 Å². The summed E-state index contributed by atoms with van der Waals surface area (Å²) in [5, 5.41) is 32.8. The Morgan fingerprint density at radius 1 is 0.611 bits per heavy atom. The first-order valence-electron chi connectivity index (χ1n) is 21.1. The van der Waals surface area contributed by atoms with Gasteiger partial charge >= 0.3 is 36.5 Å². The summed E-state index contributed by atoms with van der Waals surface area (Å²) in [6, 6.07) is 18.4. The summed E-state index contributed by atoms with van der Waals surface area (Å²) in [5.41, 5.74) is -2.20. The average molecular weight is 1010 g/mol. The van der Waals surface area contributed by atoms with Gasteiger partial charge in [0.15, 0.2) is 5.96 Å². The predicted octanol–water partition coefficient (Wildman–Crippen LogP) is 7.11. The lowest BCUT2D eigenvalue weighted by Crippen LogP contribution is -2.51. The van der Waals surface area contributed by atoms with Crippen LogP contribution in [0.4, 0.5) is 60.5 Å². The quantitative estimate of drug-likeness (QED) is 0.0370. The molecule has 374 valence electrons. The third-order valence-corrected chi connectivity index (χ3v) is 10.9. The van der Waals surface area contributed by atoms with Crippen LogP contribution < -0.4 is 41.7 Å². The van der Waals surface area contributed by atoms with E-state index < -0.39 is 104 Å². The Labute approximate surface area is 402 Å². The van der Waals surface area contributed by atoms with Gasteiger partial charge in [0.05, 0.1) is 75.5 Å². The fraction of sp³-hybridized carbons (Fsp3) is 0.234. The summed E-state index contributed by atoms with van der Waals surface area (Å²) in [7, 11) is 0. The van der Waals surface area contributed by atoms with Crippen LogP contribution in [-0.4, -0.2) is 68.1 Å².